The van der Waals surface area contributed by atoms with E-state index >= 15 is 0 Å². The summed E-state index contributed by atoms with van der Waals surface area (Å²) in [5.41, 5.74) is 3.47. The molecule has 2 N–H and O–H groups in total. The molecule has 0 bridgehead atoms. The molecule has 0 aliphatic heterocycles. The Kier molecular flexibility index (Phi) is 7.29. The van der Waals surface area contributed by atoms with Gasteiger partial charge in [0.05, 0.1) is 6.04 Å². The van der Waals surface area contributed by atoms with E-state index in [1.165, 1.54) is 0 Å². The van der Waals surface area contributed by atoms with Crippen LogP contribution in [0.25, 0.3) is 0 Å². The van der Waals surface area contributed by atoms with Gasteiger partial charge in [-0.3, -0.25) is 9.59 Å². The zero-order valence-electron chi connectivity index (χ0n) is 14.5. The predicted octanol–water partition coefficient (Wildman–Crippen LogP) is 2.68. The summed E-state index contributed by atoms with van der Waals surface area (Å²) in [5, 5.41) is 6.05. The van der Waals surface area contributed by atoms with E-state index in [9.17, 15) is 9.59 Å². The van der Waals surface area contributed by atoms with Crippen molar-refractivity contribution >= 4 is 25.3 Å². The first-order valence-corrected chi connectivity index (χ1v) is 7.75. The Balaban J connectivity index is 2.88. The van der Waals surface area contributed by atoms with Crippen molar-refractivity contribution in [1.29, 1.82) is 0 Å². The molecule has 23 heavy (non-hydrogen) atoms. The smallest absolute Gasteiger partial charge is 0.241 e. The minimum atomic E-state index is -0.803. The van der Waals surface area contributed by atoms with Crippen LogP contribution in [0.3, 0.4) is 0 Å². The number of carbonyl (C=O) groups excluding carboxylic acids is 2. The third-order valence-electron chi connectivity index (χ3n) is 3.59. The van der Waals surface area contributed by atoms with Crippen molar-refractivity contribution in [2.75, 3.05) is 12.4 Å². The summed E-state index contributed by atoms with van der Waals surface area (Å²) in [7, 11) is 6.76. The van der Waals surface area contributed by atoms with Crippen LogP contribution < -0.4 is 10.6 Å². The first kappa shape index (κ1) is 19.2. The Hall–Kier alpha value is -1.82. The first-order valence-electron chi connectivity index (χ1n) is 7.75. The average Bonchev–Trinajstić information content (AvgIpc) is 2.45. The van der Waals surface area contributed by atoms with Crippen LogP contribution in [0.15, 0.2) is 12.1 Å². The van der Waals surface area contributed by atoms with Gasteiger partial charge < -0.3 is 15.4 Å². The lowest BCUT2D eigenvalue weighted by molar-refractivity contribution is -0.118. The molecule has 0 heterocycles. The zero-order chi connectivity index (χ0) is 17.6. The molecule has 0 saturated heterocycles. The van der Waals surface area contributed by atoms with Crippen LogP contribution in [0.5, 0.6) is 0 Å². The molecule has 1 rings (SSSR count). The summed E-state index contributed by atoms with van der Waals surface area (Å²) in [4.78, 5) is 23.1. The largest absolute Gasteiger partial charge is 0.470 e. The number of aryl methyl sites for hydroxylation is 2. The normalized spacial score (nSPS) is 12.1. The number of ether oxygens (including phenoxy) is 1. The molecule has 0 aliphatic carbocycles. The number of carbonyl (C=O) groups is 2. The molecule has 2 radical (unpaired) electrons. The topological polar surface area (TPSA) is 67.4 Å². The highest BCUT2D eigenvalue weighted by Gasteiger charge is 2.19. The van der Waals surface area contributed by atoms with Gasteiger partial charge in [-0.25, -0.2) is 0 Å². The van der Waals surface area contributed by atoms with Crippen LogP contribution >= 0.6 is 0 Å². The van der Waals surface area contributed by atoms with Gasteiger partial charge in [0.15, 0.2) is 0 Å². The number of amides is 1. The van der Waals surface area contributed by atoms with Gasteiger partial charge in [0, 0.05) is 5.69 Å². The summed E-state index contributed by atoms with van der Waals surface area (Å²) in [5.74, 6) is -0.425. The predicted molar refractivity (Wildman–Crippen MR) is 92.8 cm³/mol. The quantitative estimate of drug-likeness (QED) is 0.759. The molecule has 1 unspecified atom stereocenters. The van der Waals surface area contributed by atoms with Gasteiger partial charge in [-0.15, -0.1) is 0 Å². The molecule has 6 heteroatoms. The fraction of sp³-hybridized carbons (Fsp3) is 0.529. The number of hydrogen-bond acceptors (Lipinski definition) is 4. The Bertz CT molecular complexity index is 550. The molecule has 0 saturated carbocycles. The standard InChI is InChI=1S/C17H25BN2O3/c1-10(2)6-14(19-5)16(21)20-15-11(3)7-13(8-12(15)4)9-23-17(18)22/h7-8,10,14,19H,6,9H2,1-5H3,(H,20,21). The van der Waals surface area contributed by atoms with E-state index in [4.69, 9.17) is 12.6 Å². The minimum absolute atomic E-state index is 0.0477. The molecule has 1 aromatic rings. The summed E-state index contributed by atoms with van der Waals surface area (Å²) < 4.78 is 4.80. The van der Waals surface area contributed by atoms with Gasteiger partial charge in [-0.2, -0.15) is 0 Å². The Morgan fingerprint density at radius 3 is 2.22 bits per heavy atom. The zero-order valence-corrected chi connectivity index (χ0v) is 14.5. The molecule has 5 nitrogen and oxygen atoms in total. The monoisotopic (exact) mass is 316 g/mol. The number of likely N-dealkylation sites (N-methyl/N-ethyl adjacent to an activating group) is 1. The fourth-order valence-corrected chi connectivity index (χ4v) is 2.53. The van der Waals surface area contributed by atoms with Crippen LogP contribution in [0.4, 0.5) is 10.5 Å². The highest BCUT2D eigenvalue weighted by atomic mass is 16.5. The highest BCUT2D eigenvalue weighted by Crippen LogP contribution is 2.23. The van der Waals surface area contributed by atoms with E-state index in [2.05, 4.69) is 24.5 Å². The van der Waals surface area contributed by atoms with Crippen LogP contribution in [0, 0.1) is 19.8 Å². The highest BCUT2D eigenvalue weighted by molar-refractivity contribution is 6.55. The van der Waals surface area contributed by atoms with Gasteiger partial charge in [0.2, 0.25) is 19.6 Å². The average molecular weight is 316 g/mol. The van der Waals surface area contributed by atoms with Crippen molar-refractivity contribution in [1.82, 2.24) is 5.32 Å². The van der Waals surface area contributed by atoms with Crippen molar-refractivity contribution < 1.29 is 14.3 Å². The molecule has 1 aromatic carbocycles. The van der Waals surface area contributed by atoms with Gasteiger partial charge in [0.25, 0.3) is 0 Å². The van der Waals surface area contributed by atoms with Crippen molar-refractivity contribution in [2.24, 2.45) is 5.92 Å². The van der Waals surface area contributed by atoms with Crippen LogP contribution in [0.1, 0.15) is 37.0 Å². The van der Waals surface area contributed by atoms with Crippen molar-refractivity contribution in [3.63, 3.8) is 0 Å². The van der Waals surface area contributed by atoms with Crippen LogP contribution in [0.2, 0.25) is 0 Å². The molecule has 0 spiro atoms. The minimum Gasteiger partial charge on any atom is -0.470 e. The third-order valence-corrected chi connectivity index (χ3v) is 3.59. The molecule has 1 atom stereocenters. The lowest BCUT2D eigenvalue weighted by Crippen LogP contribution is -2.39. The molecular weight excluding hydrogens is 291 g/mol. The van der Waals surface area contributed by atoms with E-state index in [1.54, 1.807) is 7.05 Å². The second-order valence-corrected chi connectivity index (χ2v) is 6.17. The van der Waals surface area contributed by atoms with E-state index in [1.807, 2.05) is 26.0 Å². The summed E-state index contributed by atoms with van der Waals surface area (Å²) in [6, 6.07) is 3.52. The fourth-order valence-electron chi connectivity index (χ4n) is 2.53. The number of anilines is 1. The molecular formula is C17H25BN2O3. The van der Waals surface area contributed by atoms with E-state index < -0.39 is 5.87 Å². The Labute approximate surface area is 139 Å². The van der Waals surface area contributed by atoms with Gasteiger partial charge in [-0.1, -0.05) is 26.0 Å². The second kappa shape index (κ2) is 8.72. The van der Waals surface area contributed by atoms with Crippen LogP contribution in [-0.4, -0.2) is 32.7 Å². The van der Waals surface area contributed by atoms with Crippen molar-refractivity contribution in [2.45, 2.75) is 46.8 Å². The number of rotatable bonds is 7. The second-order valence-electron chi connectivity index (χ2n) is 6.17. The summed E-state index contributed by atoms with van der Waals surface area (Å²) in [6.45, 7) is 8.11. The third kappa shape index (κ3) is 6.06. The Morgan fingerprint density at radius 1 is 1.22 bits per heavy atom. The lowest BCUT2D eigenvalue weighted by atomic mass is 10.0. The summed E-state index contributed by atoms with van der Waals surface area (Å²) in [6.07, 6.45) is 0.769. The number of hydrogen-bond donors (Lipinski definition) is 2. The van der Waals surface area contributed by atoms with Crippen molar-refractivity contribution in [3.8, 4) is 0 Å². The van der Waals surface area contributed by atoms with Gasteiger partial charge in [-0.05, 0) is 49.9 Å². The van der Waals surface area contributed by atoms with E-state index in [0.29, 0.717) is 5.92 Å². The van der Waals surface area contributed by atoms with Gasteiger partial charge >= 0.3 is 0 Å². The molecule has 0 fully saturated rings. The van der Waals surface area contributed by atoms with Gasteiger partial charge in [0.1, 0.15) is 6.61 Å². The molecule has 0 aliphatic rings. The molecule has 0 aromatic heterocycles. The van der Waals surface area contributed by atoms with Crippen LogP contribution in [-0.2, 0) is 16.1 Å². The summed E-state index contributed by atoms with van der Waals surface area (Å²) >= 11 is 0. The van der Waals surface area contributed by atoms with Crippen molar-refractivity contribution in [3.05, 3.63) is 28.8 Å². The molecule has 1 amide bonds. The maximum Gasteiger partial charge on any atom is 0.241 e. The first-order chi connectivity index (χ1) is 10.7. The lowest BCUT2D eigenvalue weighted by Gasteiger charge is -2.20. The number of nitrogens with one attached hydrogen (secondary N) is 2. The Morgan fingerprint density at radius 2 is 1.78 bits per heavy atom. The maximum atomic E-state index is 12.4. The SMILES string of the molecule is [B]C(=O)OCc1cc(C)c(NC(=O)C(CC(C)C)NC)c(C)c1. The number of benzene rings is 1. The van der Waals surface area contributed by atoms with E-state index in [0.717, 1.165) is 28.8 Å². The maximum absolute atomic E-state index is 12.4. The van der Waals surface area contributed by atoms with E-state index in [-0.39, 0.29) is 18.6 Å². The molecule has 124 valence electrons.